The number of amides is 1. The monoisotopic (exact) mass is 418 g/mol. The molecule has 0 radical (unpaired) electrons. The van der Waals surface area contributed by atoms with E-state index in [4.69, 9.17) is 9.47 Å². The van der Waals surface area contributed by atoms with Crippen LogP contribution in [0.2, 0.25) is 0 Å². The van der Waals surface area contributed by atoms with Crippen LogP contribution in [0.5, 0.6) is 11.5 Å². The molecule has 0 atom stereocenters. The predicted octanol–water partition coefficient (Wildman–Crippen LogP) is 2.95. The number of anilines is 1. The Morgan fingerprint density at radius 3 is 2.52 bits per heavy atom. The molecule has 29 heavy (non-hydrogen) atoms. The van der Waals surface area contributed by atoms with Crippen LogP contribution in [0.4, 0.5) is 5.69 Å². The van der Waals surface area contributed by atoms with Crippen molar-refractivity contribution in [3.05, 3.63) is 53.6 Å². The van der Waals surface area contributed by atoms with Crippen molar-refractivity contribution in [3.8, 4) is 11.5 Å². The van der Waals surface area contributed by atoms with Gasteiger partial charge in [0.25, 0.3) is 5.91 Å². The van der Waals surface area contributed by atoms with Gasteiger partial charge in [-0.3, -0.25) is 9.10 Å². The Morgan fingerprint density at radius 2 is 1.86 bits per heavy atom. The molecule has 2 aromatic rings. The maximum absolute atomic E-state index is 12.5. The molecule has 0 saturated carbocycles. The first-order valence-corrected chi connectivity index (χ1v) is 11.2. The lowest BCUT2D eigenvalue weighted by Crippen LogP contribution is -2.37. The zero-order valence-electron chi connectivity index (χ0n) is 16.7. The highest BCUT2D eigenvalue weighted by Crippen LogP contribution is 2.28. The number of nitrogens with zero attached hydrogens (tertiary/aromatic N) is 1. The molecule has 7 nitrogen and oxygen atoms in total. The summed E-state index contributed by atoms with van der Waals surface area (Å²) >= 11 is 0. The van der Waals surface area contributed by atoms with E-state index in [9.17, 15) is 13.2 Å². The Kier molecular flexibility index (Phi) is 6.64. The summed E-state index contributed by atoms with van der Waals surface area (Å²) in [5.41, 5.74) is 1.96. The molecule has 2 aromatic carbocycles. The lowest BCUT2D eigenvalue weighted by atomic mass is 10.1. The highest BCUT2D eigenvalue weighted by atomic mass is 32.2. The normalized spacial score (nSPS) is 15.6. The second-order valence-electron chi connectivity index (χ2n) is 6.74. The summed E-state index contributed by atoms with van der Waals surface area (Å²) in [6, 6.07) is 12.2. The van der Waals surface area contributed by atoms with Crippen molar-refractivity contribution in [2.24, 2.45) is 0 Å². The lowest BCUT2D eigenvalue weighted by molar-refractivity contribution is 0.0951. The smallest absolute Gasteiger partial charge is 0.251 e. The number of ether oxygens (including phenoxy) is 2. The molecule has 1 aliphatic heterocycles. The zero-order chi connectivity index (χ0) is 20.9. The predicted molar refractivity (Wildman–Crippen MR) is 112 cm³/mol. The molecule has 1 saturated heterocycles. The van der Waals surface area contributed by atoms with Gasteiger partial charge in [-0.15, -0.1) is 0 Å². The average molecular weight is 419 g/mol. The molecule has 1 fully saturated rings. The summed E-state index contributed by atoms with van der Waals surface area (Å²) in [6.45, 7) is 3.23. The van der Waals surface area contributed by atoms with Crippen molar-refractivity contribution >= 4 is 21.6 Å². The van der Waals surface area contributed by atoms with Crippen molar-refractivity contribution in [1.29, 1.82) is 0 Å². The molecular formula is C21H26N2O5S. The van der Waals surface area contributed by atoms with Crippen molar-refractivity contribution in [3.63, 3.8) is 0 Å². The second-order valence-corrected chi connectivity index (χ2v) is 8.76. The molecule has 1 N–H and O–H groups in total. The van der Waals surface area contributed by atoms with Crippen molar-refractivity contribution in [2.45, 2.75) is 26.3 Å². The first kappa shape index (κ1) is 21.0. The minimum atomic E-state index is -3.26. The van der Waals surface area contributed by atoms with E-state index in [2.05, 4.69) is 5.32 Å². The first-order chi connectivity index (χ1) is 13.9. The number of methoxy groups -OCH3 is 1. The Balaban J connectivity index is 1.65. The summed E-state index contributed by atoms with van der Waals surface area (Å²) in [5, 5.41) is 2.87. The number of rotatable bonds is 7. The van der Waals surface area contributed by atoms with E-state index in [1.807, 2.05) is 19.1 Å². The molecule has 1 heterocycles. The summed E-state index contributed by atoms with van der Waals surface area (Å²) in [7, 11) is -1.68. The van der Waals surface area contributed by atoms with Gasteiger partial charge in [0.15, 0.2) is 11.5 Å². The Hall–Kier alpha value is -2.74. The van der Waals surface area contributed by atoms with Gasteiger partial charge in [0, 0.05) is 18.7 Å². The number of hydrogen-bond donors (Lipinski definition) is 1. The maximum atomic E-state index is 12.5. The van der Waals surface area contributed by atoms with E-state index in [0.717, 1.165) is 12.0 Å². The standard InChI is InChI=1S/C21H26N2O5S/c1-3-28-20-14-16(6-11-19(20)27-2)15-22-21(24)17-7-9-18(10-8-17)23-12-4-5-13-29(23,25)26/h6-11,14H,3-5,12-13,15H2,1-2H3,(H,22,24). The van der Waals surface area contributed by atoms with Gasteiger partial charge in [0.1, 0.15) is 0 Å². The number of sulfonamides is 1. The summed E-state index contributed by atoms with van der Waals surface area (Å²) in [4.78, 5) is 12.5. The molecule has 3 rings (SSSR count). The Labute approximate surface area is 171 Å². The fourth-order valence-corrected chi connectivity index (χ4v) is 4.88. The van der Waals surface area contributed by atoms with E-state index < -0.39 is 10.0 Å². The van der Waals surface area contributed by atoms with Gasteiger partial charge >= 0.3 is 0 Å². The van der Waals surface area contributed by atoms with Crippen LogP contribution in [0.25, 0.3) is 0 Å². The van der Waals surface area contributed by atoms with Gasteiger partial charge in [0.2, 0.25) is 10.0 Å². The largest absolute Gasteiger partial charge is 0.493 e. The highest BCUT2D eigenvalue weighted by Gasteiger charge is 2.26. The number of carbonyl (C=O) groups is 1. The van der Waals surface area contributed by atoms with E-state index in [1.165, 1.54) is 4.31 Å². The molecule has 0 bridgehead atoms. The van der Waals surface area contributed by atoms with Crippen LogP contribution in [0.3, 0.4) is 0 Å². The van der Waals surface area contributed by atoms with Gasteiger partial charge in [0.05, 0.1) is 25.2 Å². The van der Waals surface area contributed by atoms with Crippen molar-refractivity contribution < 1.29 is 22.7 Å². The Bertz CT molecular complexity index is 958. The third kappa shape index (κ3) is 5.00. The molecule has 0 spiro atoms. The summed E-state index contributed by atoms with van der Waals surface area (Å²) < 4.78 is 36.7. The molecular weight excluding hydrogens is 392 g/mol. The van der Waals surface area contributed by atoms with Crippen LogP contribution in [-0.2, 0) is 16.6 Å². The SMILES string of the molecule is CCOc1cc(CNC(=O)c2ccc(N3CCCCS3(=O)=O)cc2)ccc1OC. The van der Waals surface area contributed by atoms with Crippen LogP contribution >= 0.6 is 0 Å². The molecule has 0 aliphatic carbocycles. The minimum Gasteiger partial charge on any atom is -0.493 e. The quantitative estimate of drug-likeness (QED) is 0.747. The first-order valence-electron chi connectivity index (χ1n) is 9.63. The molecule has 0 unspecified atom stereocenters. The molecule has 156 valence electrons. The van der Waals surface area contributed by atoms with Crippen LogP contribution < -0.4 is 19.1 Å². The molecule has 8 heteroatoms. The molecule has 1 aliphatic rings. The highest BCUT2D eigenvalue weighted by molar-refractivity contribution is 7.92. The Morgan fingerprint density at radius 1 is 1.10 bits per heavy atom. The van der Waals surface area contributed by atoms with E-state index in [0.29, 0.717) is 48.9 Å². The summed E-state index contributed by atoms with van der Waals surface area (Å²) in [5.74, 6) is 1.21. The lowest BCUT2D eigenvalue weighted by Gasteiger charge is -2.28. The zero-order valence-corrected chi connectivity index (χ0v) is 17.5. The molecule has 0 aromatic heterocycles. The van der Waals surface area contributed by atoms with E-state index >= 15 is 0 Å². The maximum Gasteiger partial charge on any atom is 0.251 e. The van der Waals surface area contributed by atoms with Gasteiger partial charge in [-0.1, -0.05) is 6.07 Å². The van der Waals surface area contributed by atoms with E-state index in [1.54, 1.807) is 37.4 Å². The van der Waals surface area contributed by atoms with Crippen LogP contribution in [0.15, 0.2) is 42.5 Å². The van der Waals surface area contributed by atoms with Gasteiger partial charge in [-0.25, -0.2) is 8.42 Å². The van der Waals surface area contributed by atoms with Crippen molar-refractivity contribution in [2.75, 3.05) is 30.3 Å². The third-order valence-electron chi connectivity index (χ3n) is 4.75. The second kappa shape index (κ2) is 9.17. The third-order valence-corrected chi connectivity index (χ3v) is 6.62. The van der Waals surface area contributed by atoms with Gasteiger partial charge < -0.3 is 14.8 Å². The van der Waals surface area contributed by atoms with Crippen LogP contribution in [0, 0.1) is 0 Å². The van der Waals surface area contributed by atoms with Crippen LogP contribution in [-0.4, -0.2) is 40.3 Å². The van der Waals surface area contributed by atoms with E-state index in [-0.39, 0.29) is 11.7 Å². The fraction of sp³-hybridized carbons (Fsp3) is 0.381. The summed E-state index contributed by atoms with van der Waals surface area (Å²) in [6.07, 6.45) is 1.53. The van der Waals surface area contributed by atoms with Gasteiger partial charge in [-0.05, 0) is 61.7 Å². The molecule has 1 amide bonds. The fourth-order valence-electron chi connectivity index (χ4n) is 3.24. The number of benzene rings is 2. The number of hydrogen-bond acceptors (Lipinski definition) is 5. The number of nitrogens with one attached hydrogen (secondary N) is 1. The van der Waals surface area contributed by atoms with Gasteiger partial charge in [-0.2, -0.15) is 0 Å². The average Bonchev–Trinajstić information content (AvgIpc) is 2.72. The topological polar surface area (TPSA) is 84.9 Å². The van der Waals surface area contributed by atoms with Crippen molar-refractivity contribution in [1.82, 2.24) is 5.32 Å². The minimum absolute atomic E-state index is 0.167. The number of carbonyl (C=O) groups excluding carboxylic acids is 1. The van der Waals surface area contributed by atoms with Crippen LogP contribution in [0.1, 0.15) is 35.7 Å².